The molecule has 27 nitrogen and oxygen atoms in total. The number of alkyl halides is 6. The number of hydrogen-bond acceptors (Lipinski definition) is 16. The molecule has 3 aliphatic carbocycles. The highest BCUT2D eigenvalue weighted by Gasteiger charge is 2.68. The highest BCUT2D eigenvalue weighted by molar-refractivity contribution is 7.93. The van der Waals surface area contributed by atoms with Crippen molar-refractivity contribution in [2.45, 2.75) is 197 Å². The number of anilines is 3. The average molecular weight is 1750 g/mol. The Labute approximate surface area is 700 Å². The Morgan fingerprint density at radius 1 is 0.467 bits per heavy atom. The lowest BCUT2D eigenvalue weighted by atomic mass is 9.69. The van der Waals surface area contributed by atoms with E-state index in [4.69, 9.17) is 44.3 Å². The van der Waals surface area contributed by atoms with Gasteiger partial charge in [-0.15, -0.1) is 0 Å². The first-order chi connectivity index (χ1) is 56.2. The molecule has 5 saturated heterocycles. The van der Waals surface area contributed by atoms with Gasteiger partial charge in [0.25, 0.3) is 70.6 Å². The predicted molar refractivity (Wildman–Crippen MR) is 428 cm³/mol. The Morgan fingerprint density at radius 2 is 0.825 bits per heavy atom. The van der Waals surface area contributed by atoms with E-state index in [1.807, 2.05) is 25.7 Å². The molecule has 37 heteroatoms. The maximum atomic E-state index is 14.1. The number of likely N-dealkylation sites (tertiary alicyclic amines) is 2. The summed E-state index contributed by atoms with van der Waals surface area (Å²) in [5.74, 6) is -19.0. The predicted octanol–water partition coefficient (Wildman–Crippen LogP) is 9.91. The van der Waals surface area contributed by atoms with Crippen LogP contribution < -0.4 is 37.2 Å². The Hall–Kier alpha value is -9.45. The van der Waals surface area contributed by atoms with Crippen LogP contribution in [0, 0.1) is 47.0 Å². The van der Waals surface area contributed by atoms with E-state index in [0.29, 0.717) is 157 Å². The third-order valence-electron chi connectivity index (χ3n) is 25.1. The van der Waals surface area contributed by atoms with Gasteiger partial charge in [-0.1, -0.05) is 53.0 Å². The normalized spacial score (nSPS) is 21.2. The monoisotopic (exact) mass is 1740 g/mol. The number of benzene rings is 3. The van der Waals surface area contributed by atoms with E-state index < -0.39 is 158 Å². The highest BCUT2D eigenvalue weighted by Crippen LogP contribution is 2.52. The molecule has 17 rings (SSSR count). The van der Waals surface area contributed by atoms with Gasteiger partial charge in [-0.3, -0.25) is 57.6 Å². The molecule has 7 N–H and O–H groups in total. The zero-order valence-electron chi connectivity index (χ0n) is 66.8. The Balaban J connectivity index is 0.000000140. The minimum atomic E-state index is -3.35. The number of aromatic nitrogens is 3. The minimum Gasteiger partial charge on any atom is -0.380 e. The van der Waals surface area contributed by atoms with Crippen molar-refractivity contribution in [3.8, 4) is 0 Å². The molecule has 8 amide bonds. The fourth-order valence-corrected chi connectivity index (χ4v) is 21.9. The van der Waals surface area contributed by atoms with E-state index in [1.54, 1.807) is 82.1 Å². The summed E-state index contributed by atoms with van der Waals surface area (Å²) in [6, 6.07) is 15.3. The summed E-state index contributed by atoms with van der Waals surface area (Å²) in [5.41, 5.74) is 0.933. The summed E-state index contributed by atoms with van der Waals surface area (Å²) in [5, 5.41) is 19.7. The van der Waals surface area contributed by atoms with Crippen LogP contribution in [0.25, 0.3) is 0 Å². The van der Waals surface area contributed by atoms with Crippen molar-refractivity contribution in [3.63, 3.8) is 0 Å². The molecule has 3 aromatic heterocycles. The number of ketones is 3. The molecule has 3 saturated carbocycles. The lowest BCUT2D eigenvalue weighted by Crippen LogP contribution is -2.79. The summed E-state index contributed by atoms with van der Waals surface area (Å²) in [4.78, 5) is 150. The Kier molecular flexibility index (Phi) is 21.8. The molecule has 0 atom stereocenters. The van der Waals surface area contributed by atoms with Gasteiger partial charge in [-0.2, -0.15) is 0 Å². The smallest absolute Gasteiger partial charge is 0.293 e. The van der Waals surface area contributed by atoms with E-state index in [1.165, 1.54) is 18.7 Å². The summed E-state index contributed by atoms with van der Waals surface area (Å²) in [6.45, 7) is 17.3. The van der Waals surface area contributed by atoms with Crippen molar-refractivity contribution in [1.82, 2.24) is 44.8 Å². The molecule has 8 aliphatic heterocycles. The van der Waals surface area contributed by atoms with Crippen LogP contribution in [0.2, 0.25) is 15.1 Å². The van der Waals surface area contributed by atoms with Crippen molar-refractivity contribution in [1.29, 1.82) is 0 Å². The van der Waals surface area contributed by atoms with Gasteiger partial charge in [-0.05, 0) is 163 Å². The molecule has 11 aliphatic rings. The average Bonchev–Trinajstić information content (AvgIpc) is 1.00. The highest BCUT2D eigenvalue weighted by atomic mass is 35.5. The Bertz CT molecular complexity index is 5530. The number of fused-ring (bicyclic) bond motifs is 3. The molecular formula is C83H89Cl3F6N12O15S. The van der Waals surface area contributed by atoms with Crippen LogP contribution in [0.3, 0.4) is 0 Å². The standard InChI is InChI=1S/C28H29ClF2N4O5.C28H31ClF2N4O4.C27H29ClF2N4O6S/c1-15-5-6-17(10-18(15)29)32-23(37)21-16(2)20(19-4-3-8-34(19)21)22(36)24(38)33-27(11-28(30,31)12-27)25(39)35-9-7-26(35)13-40-14-26;1-16-5-6-18(8-19(16)29)32-24(37)22-17(2)21(20-4-3-7-35(20)22)23(36)25(38)33-27(9-28(30,31)10-27)13-34-11-26(12-34)14-39-15-26;1-14-6-7-16(9-17(14)28)31-22(36)20-15(2)19(18-5-4-8-34(18)20)21(35)23(37)32-26(10-27(29,30)11-26)24(38)33-25(3)12-41(39,40)13-25/h5-6,10H,3-4,7-9,11-14H2,1-2H3,(H,32,37)(H,33,38);5-6,8H,3-4,7,9-15H2,1-2H3,(H,32,37)(H,33,38);6-7,9H,4-5,8,10-13H2,1-3H3,(H,31,36)(H,32,37)(H,33,38). The summed E-state index contributed by atoms with van der Waals surface area (Å²) in [6.07, 6.45) is -0.672. The van der Waals surface area contributed by atoms with Crippen LogP contribution in [-0.2, 0) is 82.2 Å². The van der Waals surface area contributed by atoms with Crippen molar-refractivity contribution in [2.75, 3.05) is 80.1 Å². The molecule has 0 radical (unpaired) electrons. The summed E-state index contributed by atoms with van der Waals surface area (Å²) >= 11 is 18.6. The summed E-state index contributed by atoms with van der Waals surface area (Å²) in [7, 11) is -3.35. The first-order valence-corrected chi connectivity index (χ1v) is 42.5. The number of aryl methyl sites for hydroxylation is 3. The molecule has 640 valence electrons. The largest absolute Gasteiger partial charge is 0.380 e. The SMILES string of the molecule is Cc1ccc(NC(=O)c2c(C)c(C(=O)C(=O)NC3(C(=O)N4CCC45COC5)CC(F)(F)C3)c3n2CCC3)cc1Cl.Cc1ccc(NC(=O)c2c(C)c(C(=O)C(=O)NC3(C(=O)NC4(C)CS(=O)(=O)C4)CC(F)(F)C3)c3n2CCC3)cc1Cl.Cc1ccc(NC(=O)c2c(C)c(C(=O)C(=O)NC3(CN4CC5(COC5)C4)CC(F)(F)C3)c3n2CCC3)cc1Cl. The zero-order chi connectivity index (χ0) is 86.5. The molecule has 120 heavy (non-hydrogen) atoms. The fraction of sp³-hybridized carbons (Fsp3) is 0.506. The molecule has 6 aromatic rings. The van der Waals surface area contributed by atoms with E-state index in [2.05, 4.69) is 37.2 Å². The quantitative estimate of drug-likeness (QED) is 0.0212. The van der Waals surface area contributed by atoms with Gasteiger partial charge < -0.3 is 65.3 Å². The van der Waals surface area contributed by atoms with Crippen LogP contribution in [0.1, 0.15) is 184 Å². The van der Waals surface area contributed by atoms with Gasteiger partial charge in [0.15, 0.2) is 9.84 Å². The van der Waals surface area contributed by atoms with Crippen molar-refractivity contribution >= 4 is 126 Å². The number of amides is 8. The van der Waals surface area contributed by atoms with Crippen LogP contribution in [0.5, 0.6) is 0 Å². The number of carbonyl (C=O) groups is 11. The van der Waals surface area contributed by atoms with Gasteiger partial charge in [0.05, 0.1) is 71.2 Å². The second kappa shape index (κ2) is 30.6. The number of sulfone groups is 1. The van der Waals surface area contributed by atoms with Crippen molar-refractivity contribution < 1.29 is 97.0 Å². The molecule has 0 bridgehead atoms. The number of Topliss-reactive ketones (excluding diaryl/α,β-unsaturated/α-hetero) is 3. The van der Waals surface area contributed by atoms with E-state index in [0.717, 1.165) is 36.2 Å². The summed E-state index contributed by atoms with van der Waals surface area (Å²) < 4.78 is 123. The van der Waals surface area contributed by atoms with E-state index in [-0.39, 0.29) is 57.1 Å². The third-order valence-corrected chi connectivity index (χ3v) is 28.5. The van der Waals surface area contributed by atoms with Crippen LogP contribution in [0.15, 0.2) is 54.6 Å². The van der Waals surface area contributed by atoms with Crippen molar-refractivity contribution in [2.24, 2.45) is 5.41 Å². The van der Waals surface area contributed by atoms with E-state index >= 15 is 0 Å². The van der Waals surface area contributed by atoms with Gasteiger partial charge in [0.1, 0.15) is 28.2 Å². The molecule has 0 unspecified atom stereocenters. The third kappa shape index (κ3) is 15.7. The lowest BCUT2D eigenvalue weighted by Gasteiger charge is -2.61. The van der Waals surface area contributed by atoms with Gasteiger partial charge >= 0.3 is 0 Å². The van der Waals surface area contributed by atoms with Gasteiger partial charge in [-0.25, -0.2) is 34.8 Å². The Morgan fingerprint density at radius 3 is 1.14 bits per heavy atom. The lowest BCUT2D eigenvalue weighted by molar-refractivity contribution is -0.218. The van der Waals surface area contributed by atoms with Gasteiger partial charge in [0.2, 0.25) is 11.8 Å². The maximum absolute atomic E-state index is 14.1. The van der Waals surface area contributed by atoms with Crippen LogP contribution in [-0.4, -0.2) is 206 Å². The molecule has 8 fully saturated rings. The zero-order valence-corrected chi connectivity index (χ0v) is 69.8. The number of halogens is 9. The van der Waals surface area contributed by atoms with Crippen LogP contribution >= 0.6 is 34.8 Å². The number of nitrogens with zero attached hydrogens (tertiary/aromatic N) is 5. The topological polar surface area (TPSA) is 346 Å². The fourth-order valence-electron chi connectivity index (χ4n) is 19.3. The first kappa shape index (κ1) is 85.5. The second-order valence-electron chi connectivity index (χ2n) is 34.9. The molecular weight excluding hydrogens is 1660 g/mol. The van der Waals surface area contributed by atoms with Crippen LogP contribution in [0.4, 0.5) is 43.4 Å². The number of rotatable bonds is 20. The number of ether oxygens (including phenoxy) is 2. The maximum Gasteiger partial charge on any atom is 0.293 e. The molecule has 2 spiro atoms. The molecule has 3 aromatic carbocycles. The minimum absolute atomic E-state index is 0.00854. The number of nitrogens with one attached hydrogen (secondary N) is 7. The van der Waals surface area contributed by atoms with Gasteiger partial charge in [0, 0.05) is 139 Å². The van der Waals surface area contributed by atoms with E-state index in [9.17, 15) is 87.5 Å². The second-order valence-corrected chi connectivity index (χ2v) is 38.2. The molecule has 11 heterocycles. The number of carbonyl (C=O) groups excluding carboxylic acids is 11. The van der Waals surface area contributed by atoms with Crippen molar-refractivity contribution in [3.05, 3.63) is 154 Å². The first-order valence-electron chi connectivity index (χ1n) is 39.6. The number of hydrogen-bond donors (Lipinski definition) is 7.